The van der Waals surface area contributed by atoms with E-state index in [1.54, 1.807) is 24.3 Å². The molecule has 4 nitrogen and oxygen atoms in total. The second-order valence-electron chi connectivity index (χ2n) is 4.56. The number of rotatable bonds is 8. The Hall–Kier alpha value is -1.39. The molecule has 0 saturated carbocycles. The van der Waals surface area contributed by atoms with Gasteiger partial charge in [-0.3, -0.25) is 4.79 Å². The molecule has 4 heteroatoms. The summed E-state index contributed by atoms with van der Waals surface area (Å²) in [5.74, 6) is 0.353. The fraction of sp³-hybridized carbons (Fsp3) is 0.533. The normalized spacial score (nSPS) is 13.9. The lowest BCUT2D eigenvalue weighted by molar-refractivity contribution is 0.0248. The van der Waals surface area contributed by atoms with E-state index in [9.17, 15) is 9.90 Å². The van der Waals surface area contributed by atoms with E-state index in [1.807, 2.05) is 13.8 Å². The molecular weight excluding hydrogens is 244 g/mol. The summed E-state index contributed by atoms with van der Waals surface area (Å²) in [6.45, 7) is 3.93. The van der Waals surface area contributed by atoms with Gasteiger partial charge in [-0.2, -0.15) is 0 Å². The Bertz CT molecular complexity index is 399. The third-order valence-electron chi connectivity index (χ3n) is 3.15. The Kier molecular flexibility index (Phi) is 5.99. The van der Waals surface area contributed by atoms with Gasteiger partial charge in [-0.05, 0) is 37.1 Å². The quantitative estimate of drug-likeness (QED) is 0.708. The minimum atomic E-state index is -1.28. The summed E-state index contributed by atoms with van der Waals surface area (Å²) in [5, 5.41) is 19.0. The molecule has 0 aliphatic heterocycles. The maximum atomic E-state index is 12.3. The van der Waals surface area contributed by atoms with E-state index in [0.717, 1.165) is 6.42 Å². The zero-order chi connectivity index (χ0) is 14.3. The lowest BCUT2D eigenvalue weighted by atomic mass is 9.86. The molecule has 1 rings (SSSR count). The maximum Gasteiger partial charge on any atom is 0.194 e. The number of ketones is 1. The van der Waals surface area contributed by atoms with Crippen LogP contribution in [0.3, 0.4) is 0 Å². The van der Waals surface area contributed by atoms with E-state index in [-0.39, 0.29) is 19.0 Å². The summed E-state index contributed by atoms with van der Waals surface area (Å²) in [6, 6.07) is 6.63. The number of aliphatic hydroxyl groups is 2. The minimum absolute atomic E-state index is 0.0488. The number of aliphatic hydroxyl groups excluding tert-OH is 1. The molecule has 0 radical (unpaired) electrons. The molecule has 0 saturated heterocycles. The van der Waals surface area contributed by atoms with E-state index in [1.165, 1.54) is 0 Å². The smallest absolute Gasteiger partial charge is 0.194 e. The first kappa shape index (κ1) is 15.7. The van der Waals surface area contributed by atoms with Crippen LogP contribution in [0.15, 0.2) is 24.3 Å². The van der Waals surface area contributed by atoms with Crippen molar-refractivity contribution in [1.82, 2.24) is 0 Å². The molecule has 1 aromatic carbocycles. The van der Waals surface area contributed by atoms with E-state index in [2.05, 4.69) is 0 Å². The van der Waals surface area contributed by atoms with Gasteiger partial charge in [0.2, 0.25) is 0 Å². The van der Waals surface area contributed by atoms with Crippen molar-refractivity contribution >= 4 is 5.78 Å². The first-order chi connectivity index (χ1) is 9.07. The van der Waals surface area contributed by atoms with Crippen LogP contribution in [0.4, 0.5) is 0 Å². The van der Waals surface area contributed by atoms with Crippen LogP contribution in [0.2, 0.25) is 0 Å². The predicted octanol–water partition coefficient (Wildman–Crippen LogP) is 2.18. The largest absolute Gasteiger partial charge is 0.491 e. The number of ether oxygens (including phenoxy) is 1. The third kappa shape index (κ3) is 4.04. The Morgan fingerprint density at radius 3 is 2.37 bits per heavy atom. The highest BCUT2D eigenvalue weighted by atomic mass is 16.5. The highest BCUT2D eigenvalue weighted by molar-refractivity contribution is 6.02. The number of carbonyl (C=O) groups is 1. The molecule has 0 fully saturated rings. The Labute approximate surface area is 114 Å². The van der Waals surface area contributed by atoms with E-state index in [4.69, 9.17) is 9.84 Å². The zero-order valence-corrected chi connectivity index (χ0v) is 11.6. The molecule has 0 bridgehead atoms. The summed E-state index contributed by atoms with van der Waals surface area (Å²) in [4.78, 5) is 12.3. The lowest BCUT2D eigenvalue weighted by Crippen LogP contribution is -2.37. The Balaban J connectivity index is 2.82. The van der Waals surface area contributed by atoms with Gasteiger partial charge < -0.3 is 14.9 Å². The van der Waals surface area contributed by atoms with Crippen LogP contribution in [0, 0.1) is 0 Å². The van der Waals surface area contributed by atoms with Crippen molar-refractivity contribution in [3.05, 3.63) is 29.8 Å². The molecule has 0 aliphatic rings. The fourth-order valence-electron chi connectivity index (χ4n) is 2.00. The second kappa shape index (κ2) is 7.26. The van der Waals surface area contributed by atoms with Gasteiger partial charge in [-0.25, -0.2) is 0 Å². The van der Waals surface area contributed by atoms with Crippen molar-refractivity contribution in [3.8, 4) is 5.75 Å². The molecule has 0 spiro atoms. The van der Waals surface area contributed by atoms with Crippen LogP contribution in [-0.4, -0.2) is 34.8 Å². The van der Waals surface area contributed by atoms with Crippen molar-refractivity contribution < 1.29 is 19.7 Å². The molecule has 0 heterocycles. The zero-order valence-electron chi connectivity index (χ0n) is 11.6. The number of benzene rings is 1. The summed E-state index contributed by atoms with van der Waals surface area (Å²) in [6.07, 6.45) is 1.63. The fourth-order valence-corrected chi connectivity index (χ4v) is 2.00. The number of Topliss-reactive ketones (excluding diaryl/α,β-unsaturated/α-hetero) is 1. The first-order valence-corrected chi connectivity index (χ1v) is 6.68. The molecule has 1 atom stereocenters. The molecule has 1 unspecified atom stereocenters. The highest BCUT2D eigenvalue weighted by Gasteiger charge is 2.33. The molecule has 1 aromatic rings. The maximum absolute atomic E-state index is 12.3. The molecule has 2 N–H and O–H groups in total. The van der Waals surface area contributed by atoms with Crippen LogP contribution in [-0.2, 0) is 0 Å². The summed E-state index contributed by atoms with van der Waals surface area (Å²) >= 11 is 0. The van der Waals surface area contributed by atoms with Gasteiger partial charge in [0, 0.05) is 5.56 Å². The van der Waals surface area contributed by atoms with Gasteiger partial charge in [-0.1, -0.05) is 20.3 Å². The summed E-state index contributed by atoms with van der Waals surface area (Å²) in [5.41, 5.74) is -0.795. The van der Waals surface area contributed by atoms with Gasteiger partial charge >= 0.3 is 0 Å². The van der Waals surface area contributed by atoms with Crippen LogP contribution in [0.25, 0.3) is 0 Å². The van der Waals surface area contributed by atoms with Crippen LogP contribution in [0.1, 0.15) is 43.5 Å². The standard InChI is InChI=1S/C15H22O4/c1-3-9-15(18,4-2)14(17)12-5-7-13(8-6-12)19-11-10-16/h5-8,16,18H,3-4,9-11H2,1-2H3. The van der Waals surface area contributed by atoms with Crippen molar-refractivity contribution in [2.45, 2.75) is 38.7 Å². The molecule has 106 valence electrons. The lowest BCUT2D eigenvalue weighted by Gasteiger charge is -2.24. The van der Waals surface area contributed by atoms with E-state index >= 15 is 0 Å². The predicted molar refractivity (Wildman–Crippen MR) is 73.5 cm³/mol. The molecule has 0 aliphatic carbocycles. The minimum Gasteiger partial charge on any atom is -0.491 e. The third-order valence-corrected chi connectivity index (χ3v) is 3.15. The summed E-state index contributed by atoms with van der Waals surface area (Å²) in [7, 11) is 0. The Morgan fingerprint density at radius 1 is 1.26 bits per heavy atom. The van der Waals surface area contributed by atoms with Gasteiger partial charge in [0.25, 0.3) is 0 Å². The van der Waals surface area contributed by atoms with Gasteiger partial charge in [0.05, 0.1) is 6.61 Å². The van der Waals surface area contributed by atoms with Crippen molar-refractivity contribution in [2.24, 2.45) is 0 Å². The SMILES string of the molecule is CCCC(O)(CC)C(=O)c1ccc(OCCO)cc1. The average Bonchev–Trinajstić information content (AvgIpc) is 2.45. The topological polar surface area (TPSA) is 66.8 Å². The highest BCUT2D eigenvalue weighted by Crippen LogP contribution is 2.24. The first-order valence-electron chi connectivity index (χ1n) is 6.68. The van der Waals surface area contributed by atoms with E-state index < -0.39 is 5.60 Å². The van der Waals surface area contributed by atoms with Gasteiger partial charge in [-0.15, -0.1) is 0 Å². The number of carbonyl (C=O) groups excluding carboxylic acids is 1. The van der Waals surface area contributed by atoms with Crippen molar-refractivity contribution in [3.63, 3.8) is 0 Å². The Morgan fingerprint density at radius 2 is 1.89 bits per heavy atom. The number of hydrogen-bond acceptors (Lipinski definition) is 4. The van der Waals surface area contributed by atoms with Gasteiger partial charge in [0.15, 0.2) is 5.78 Å². The van der Waals surface area contributed by atoms with E-state index in [0.29, 0.717) is 24.2 Å². The van der Waals surface area contributed by atoms with Crippen LogP contribution in [0.5, 0.6) is 5.75 Å². The second-order valence-corrected chi connectivity index (χ2v) is 4.56. The van der Waals surface area contributed by atoms with Crippen molar-refractivity contribution in [1.29, 1.82) is 0 Å². The molecule has 0 amide bonds. The molecular formula is C15H22O4. The van der Waals surface area contributed by atoms with Crippen LogP contribution >= 0.6 is 0 Å². The monoisotopic (exact) mass is 266 g/mol. The van der Waals surface area contributed by atoms with Crippen molar-refractivity contribution in [2.75, 3.05) is 13.2 Å². The van der Waals surface area contributed by atoms with Crippen LogP contribution < -0.4 is 4.74 Å². The molecule has 19 heavy (non-hydrogen) atoms. The number of hydrogen-bond donors (Lipinski definition) is 2. The summed E-state index contributed by atoms with van der Waals surface area (Å²) < 4.78 is 5.23. The average molecular weight is 266 g/mol. The van der Waals surface area contributed by atoms with Gasteiger partial charge in [0.1, 0.15) is 18.0 Å². The molecule has 0 aromatic heterocycles.